The third-order valence-electron chi connectivity index (χ3n) is 3.74. The van der Waals surface area contributed by atoms with Gasteiger partial charge in [-0.05, 0) is 53.5 Å². The van der Waals surface area contributed by atoms with Crippen LogP contribution in [0, 0.1) is 0 Å². The molecule has 82 valence electrons. The molecule has 0 aromatic rings. The quantitative estimate of drug-likeness (QED) is 0.690. The molecule has 0 radical (unpaired) electrons. The Hall–Kier alpha value is -0.0800. The van der Waals surface area contributed by atoms with Crippen LogP contribution in [0.5, 0.6) is 0 Å². The topological polar surface area (TPSA) is 15.3 Å². The molecule has 0 aromatic carbocycles. The Morgan fingerprint density at radius 1 is 1.07 bits per heavy atom. The van der Waals surface area contributed by atoms with Gasteiger partial charge in [-0.3, -0.25) is 0 Å². The van der Waals surface area contributed by atoms with Gasteiger partial charge in [-0.1, -0.05) is 0 Å². The zero-order valence-electron chi connectivity index (χ0n) is 10.0. The fourth-order valence-electron chi connectivity index (χ4n) is 3.14. The molecule has 0 amide bonds. The molecule has 0 saturated carbocycles. The Morgan fingerprint density at radius 2 is 1.57 bits per heavy atom. The van der Waals surface area contributed by atoms with E-state index < -0.39 is 0 Å². The summed E-state index contributed by atoms with van der Waals surface area (Å²) in [7, 11) is 2.30. The smallest absolute Gasteiger partial charge is 0.0111 e. The minimum absolute atomic E-state index is 0.278. The second-order valence-corrected chi connectivity index (χ2v) is 6.11. The van der Waals surface area contributed by atoms with Crippen LogP contribution in [0.1, 0.15) is 46.5 Å². The summed E-state index contributed by atoms with van der Waals surface area (Å²) in [6.07, 6.45) is 5.54. The molecule has 2 nitrogen and oxygen atoms in total. The lowest BCUT2D eigenvalue weighted by molar-refractivity contribution is 0.136. The van der Waals surface area contributed by atoms with Gasteiger partial charge >= 0.3 is 0 Å². The predicted molar refractivity (Wildman–Crippen MR) is 60.5 cm³/mol. The molecule has 0 aromatic heterocycles. The van der Waals surface area contributed by atoms with Crippen molar-refractivity contribution in [2.75, 3.05) is 7.05 Å². The minimum atomic E-state index is 0.278. The van der Waals surface area contributed by atoms with Crippen LogP contribution in [-0.2, 0) is 0 Å². The van der Waals surface area contributed by atoms with Crippen molar-refractivity contribution in [2.45, 2.75) is 70.1 Å². The number of nitrogens with zero attached hydrogens (tertiary/aromatic N) is 1. The molecule has 2 atom stereocenters. The first-order chi connectivity index (χ1) is 6.46. The van der Waals surface area contributed by atoms with Gasteiger partial charge in [0.15, 0.2) is 0 Å². The monoisotopic (exact) mass is 196 g/mol. The first-order valence-corrected chi connectivity index (χ1v) is 5.95. The van der Waals surface area contributed by atoms with E-state index in [1.54, 1.807) is 0 Å². The van der Waals surface area contributed by atoms with Crippen LogP contribution in [0.3, 0.4) is 0 Å². The lowest BCUT2D eigenvalue weighted by atomic mass is 9.95. The summed E-state index contributed by atoms with van der Waals surface area (Å²) in [5, 5.41) is 3.75. The highest BCUT2D eigenvalue weighted by atomic mass is 15.2. The maximum atomic E-state index is 3.75. The third kappa shape index (κ3) is 2.12. The van der Waals surface area contributed by atoms with Crippen LogP contribution in [0.2, 0.25) is 0 Å². The molecule has 2 fully saturated rings. The van der Waals surface area contributed by atoms with Gasteiger partial charge in [-0.2, -0.15) is 0 Å². The molecule has 2 saturated heterocycles. The number of fused-ring (bicyclic) bond motifs is 2. The molecule has 0 spiro atoms. The summed E-state index contributed by atoms with van der Waals surface area (Å²) in [5.74, 6) is 0. The Kier molecular flexibility index (Phi) is 2.61. The second kappa shape index (κ2) is 3.49. The van der Waals surface area contributed by atoms with Crippen LogP contribution in [-0.4, -0.2) is 35.6 Å². The van der Waals surface area contributed by atoms with Gasteiger partial charge in [0.2, 0.25) is 0 Å². The normalized spacial score (nSPS) is 39.0. The first kappa shape index (κ1) is 10.4. The highest BCUT2D eigenvalue weighted by Gasteiger charge is 2.38. The van der Waals surface area contributed by atoms with Crippen LogP contribution in [0.15, 0.2) is 0 Å². The molecule has 2 rings (SSSR count). The van der Waals surface area contributed by atoms with Crippen LogP contribution in [0.25, 0.3) is 0 Å². The van der Waals surface area contributed by atoms with Gasteiger partial charge in [0.25, 0.3) is 0 Å². The molecule has 14 heavy (non-hydrogen) atoms. The van der Waals surface area contributed by atoms with E-state index in [1.807, 2.05) is 0 Å². The highest BCUT2D eigenvalue weighted by Crippen LogP contribution is 2.34. The molecule has 2 unspecified atom stereocenters. The fraction of sp³-hybridized carbons (Fsp3) is 1.00. The average molecular weight is 196 g/mol. The van der Waals surface area contributed by atoms with E-state index in [-0.39, 0.29) is 5.54 Å². The molecule has 0 aliphatic carbocycles. The summed E-state index contributed by atoms with van der Waals surface area (Å²) in [6, 6.07) is 2.46. The molecular weight excluding hydrogens is 172 g/mol. The number of piperidine rings is 1. The van der Waals surface area contributed by atoms with Gasteiger partial charge in [0.05, 0.1) is 0 Å². The van der Waals surface area contributed by atoms with E-state index in [4.69, 9.17) is 0 Å². The zero-order valence-corrected chi connectivity index (χ0v) is 10.0. The summed E-state index contributed by atoms with van der Waals surface area (Å²) < 4.78 is 0. The van der Waals surface area contributed by atoms with Crippen molar-refractivity contribution in [3.8, 4) is 0 Å². The van der Waals surface area contributed by atoms with E-state index in [0.717, 1.165) is 18.1 Å². The molecule has 2 heterocycles. The van der Waals surface area contributed by atoms with E-state index in [1.165, 1.54) is 25.7 Å². The van der Waals surface area contributed by atoms with E-state index in [0.29, 0.717) is 0 Å². The Balaban J connectivity index is 1.93. The molecule has 2 bridgehead atoms. The molecular formula is C12H24N2. The van der Waals surface area contributed by atoms with Gasteiger partial charge in [0, 0.05) is 23.7 Å². The third-order valence-corrected chi connectivity index (χ3v) is 3.74. The van der Waals surface area contributed by atoms with E-state index in [2.05, 4.69) is 38.0 Å². The predicted octanol–water partition coefficient (Wildman–Crippen LogP) is 2.00. The SMILES string of the molecule is CN1C2CCC1CC(NC(C)(C)C)C2. The van der Waals surface area contributed by atoms with Crippen molar-refractivity contribution in [1.82, 2.24) is 10.2 Å². The van der Waals surface area contributed by atoms with Crippen molar-refractivity contribution in [3.05, 3.63) is 0 Å². The Labute approximate surface area is 88.1 Å². The van der Waals surface area contributed by atoms with Gasteiger partial charge in [-0.25, -0.2) is 0 Å². The Bertz CT molecular complexity index is 193. The van der Waals surface area contributed by atoms with Gasteiger partial charge < -0.3 is 10.2 Å². The van der Waals surface area contributed by atoms with Crippen molar-refractivity contribution >= 4 is 0 Å². The maximum absolute atomic E-state index is 3.75. The standard InChI is InChI=1S/C12H24N2/c1-12(2,3)13-9-7-10-5-6-11(8-9)14(10)4/h9-11,13H,5-8H2,1-4H3. The lowest BCUT2D eigenvalue weighted by Crippen LogP contribution is -2.52. The minimum Gasteiger partial charge on any atom is -0.309 e. The molecule has 1 N–H and O–H groups in total. The van der Waals surface area contributed by atoms with Crippen molar-refractivity contribution in [2.24, 2.45) is 0 Å². The molecule has 2 aliphatic rings. The maximum Gasteiger partial charge on any atom is 0.0111 e. The van der Waals surface area contributed by atoms with Crippen molar-refractivity contribution in [3.63, 3.8) is 0 Å². The van der Waals surface area contributed by atoms with E-state index >= 15 is 0 Å². The average Bonchev–Trinajstić information content (AvgIpc) is 2.32. The fourth-order valence-corrected chi connectivity index (χ4v) is 3.14. The van der Waals surface area contributed by atoms with Crippen LogP contribution < -0.4 is 5.32 Å². The highest BCUT2D eigenvalue weighted by molar-refractivity contribution is 4.97. The van der Waals surface area contributed by atoms with Crippen LogP contribution in [0.4, 0.5) is 0 Å². The van der Waals surface area contributed by atoms with Crippen molar-refractivity contribution in [1.29, 1.82) is 0 Å². The summed E-state index contributed by atoms with van der Waals surface area (Å²) in [6.45, 7) is 6.81. The lowest BCUT2D eigenvalue weighted by Gasteiger charge is -2.39. The first-order valence-electron chi connectivity index (χ1n) is 5.95. The van der Waals surface area contributed by atoms with Gasteiger partial charge in [-0.15, -0.1) is 0 Å². The second-order valence-electron chi connectivity index (χ2n) is 6.11. The summed E-state index contributed by atoms with van der Waals surface area (Å²) in [4.78, 5) is 2.60. The Morgan fingerprint density at radius 3 is 2.00 bits per heavy atom. The number of hydrogen-bond acceptors (Lipinski definition) is 2. The number of nitrogens with one attached hydrogen (secondary N) is 1. The van der Waals surface area contributed by atoms with Crippen molar-refractivity contribution < 1.29 is 0 Å². The van der Waals surface area contributed by atoms with Gasteiger partial charge in [0.1, 0.15) is 0 Å². The summed E-state index contributed by atoms with van der Waals surface area (Å²) in [5.41, 5.74) is 0.278. The number of hydrogen-bond donors (Lipinski definition) is 1. The van der Waals surface area contributed by atoms with Crippen LogP contribution >= 0.6 is 0 Å². The molecule has 2 aliphatic heterocycles. The van der Waals surface area contributed by atoms with E-state index in [9.17, 15) is 0 Å². The largest absolute Gasteiger partial charge is 0.309 e. The molecule has 2 heteroatoms. The number of rotatable bonds is 1. The summed E-state index contributed by atoms with van der Waals surface area (Å²) >= 11 is 0. The zero-order chi connectivity index (χ0) is 10.3.